The molecule has 2 rings (SSSR count). The number of hydrogen-bond donors (Lipinski definition) is 1. The van der Waals surface area contributed by atoms with Crippen molar-refractivity contribution >= 4 is 17.4 Å². The van der Waals surface area contributed by atoms with Crippen LogP contribution in [0, 0.1) is 5.82 Å². The largest absolute Gasteiger partial charge is 0.383 e. The topological polar surface area (TPSA) is 51.8 Å². The van der Waals surface area contributed by atoms with E-state index >= 15 is 0 Å². The van der Waals surface area contributed by atoms with Crippen LogP contribution in [0.3, 0.4) is 0 Å². The number of hydrogen-bond acceptors (Lipinski definition) is 3. The van der Waals surface area contributed by atoms with Crippen LogP contribution < -0.4 is 5.73 Å². The molecule has 0 bridgehead atoms. The zero-order valence-corrected chi connectivity index (χ0v) is 8.37. The van der Waals surface area contributed by atoms with E-state index in [1.165, 1.54) is 12.3 Å². The first-order valence-corrected chi connectivity index (χ1v) is 4.59. The average molecular weight is 224 g/mol. The molecule has 0 saturated carbocycles. The number of benzene rings is 1. The lowest BCUT2D eigenvalue weighted by Gasteiger charge is -2.05. The van der Waals surface area contributed by atoms with Gasteiger partial charge in [-0.2, -0.15) is 0 Å². The molecule has 1 aromatic heterocycles. The molecule has 0 spiro atoms. The van der Waals surface area contributed by atoms with E-state index in [2.05, 4.69) is 9.97 Å². The third-order valence-electron chi connectivity index (χ3n) is 1.95. The number of halogens is 2. The highest BCUT2D eigenvalue weighted by atomic mass is 35.5. The van der Waals surface area contributed by atoms with Crippen LogP contribution in [0.5, 0.6) is 0 Å². The molecule has 2 aromatic rings. The summed E-state index contributed by atoms with van der Waals surface area (Å²) in [5.74, 6) is -0.199. The summed E-state index contributed by atoms with van der Waals surface area (Å²) in [4.78, 5) is 7.52. The minimum absolute atomic E-state index is 0.0487. The molecule has 0 aliphatic heterocycles. The van der Waals surface area contributed by atoms with Gasteiger partial charge >= 0.3 is 0 Å². The Hall–Kier alpha value is -1.68. The van der Waals surface area contributed by atoms with E-state index in [4.69, 9.17) is 17.3 Å². The normalized spacial score (nSPS) is 10.3. The first-order valence-electron chi connectivity index (χ1n) is 4.21. The minimum Gasteiger partial charge on any atom is -0.383 e. The molecule has 5 heteroatoms. The van der Waals surface area contributed by atoms with E-state index < -0.39 is 0 Å². The molecule has 0 aliphatic carbocycles. The van der Waals surface area contributed by atoms with Crippen LogP contribution in [0.25, 0.3) is 11.1 Å². The highest BCUT2D eigenvalue weighted by Gasteiger charge is 2.09. The third-order valence-corrected chi connectivity index (χ3v) is 2.13. The Labute approximate surface area is 90.7 Å². The number of rotatable bonds is 1. The van der Waals surface area contributed by atoms with Gasteiger partial charge in [-0.3, -0.25) is 0 Å². The summed E-state index contributed by atoms with van der Waals surface area (Å²) in [6.45, 7) is 0. The Morgan fingerprint density at radius 1 is 1.20 bits per heavy atom. The quantitative estimate of drug-likeness (QED) is 0.756. The second kappa shape index (κ2) is 3.82. The van der Waals surface area contributed by atoms with Crippen molar-refractivity contribution in [2.75, 3.05) is 5.73 Å². The first-order chi connectivity index (χ1) is 7.18. The van der Waals surface area contributed by atoms with Crippen molar-refractivity contribution in [3.8, 4) is 11.1 Å². The molecule has 1 aromatic carbocycles. The summed E-state index contributed by atoms with van der Waals surface area (Å²) >= 11 is 5.55. The maximum atomic E-state index is 13.4. The van der Waals surface area contributed by atoms with Gasteiger partial charge in [-0.15, -0.1) is 0 Å². The number of anilines is 1. The number of nitrogens with two attached hydrogens (primary N) is 1. The predicted octanol–water partition coefficient (Wildman–Crippen LogP) is 2.52. The van der Waals surface area contributed by atoms with Crippen molar-refractivity contribution < 1.29 is 4.39 Å². The van der Waals surface area contributed by atoms with E-state index in [-0.39, 0.29) is 16.9 Å². The van der Waals surface area contributed by atoms with Crippen LogP contribution in [0.2, 0.25) is 5.28 Å². The van der Waals surface area contributed by atoms with Gasteiger partial charge in [0.2, 0.25) is 5.28 Å². The summed E-state index contributed by atoms with van der Waals surface area (Å²) in [6, 6.07) is 6.28. The van der Waals surface area contributed by atoms with Crippen molar-refractivity contribution in [3.63, 3.8) is 0 Å². The van der Waals surface area contributed by atoms with Gasteiger partial charge in [0.25, 0.3) is 0 Å². The van der Waals surface area contributed by atoms with Gasteiger partial charge in [0, 0.05) is 17.3 Å². The van der Waals surface area contributed by atoms with Gasteiger partial charge in [-0.25, -0.2) is 14.4 Å². The third kappa shape index (κ3) is 1.89. The molecule has 2 N–H and O–H groups in total. The van der Waals surface area contributed by atoms with Crippen molar-refractivity contribution in [3.05, 3.63) is 41.6 Å². The summed E-state index contributed by atoms with van der Waals surface area (Å²) in [5, 5.41) is 0.0487. The zero-order chi connectivity index (χ0) is 10.8. The van der Waals surface area contributed by atoms with Crippen LogP contribution in [0.4, 0.5) is 10.2 Å². The van der Waals surface area contributed by atoms with Crippen molar-refractivity contribution in [1.82, 2.24) is 9.97 Å². The Morgan fingerprint density at radius 3 is 2.60 bits per heavy atom. The van der Waals surface area contributed by atoms with Crippen molar-refractivity contribution in [2.24, 2.45) is 0 Å². The lowest BCUT2D eigenvalue weighted by molar-refractivity contribution is 0.631. The van der Waals surface area contributed by atoms with Gasteiger partial charge in [0.1, 0.15) is 11.6 Å². The molecule has 0 atom stereocenters. The van der Waals surface area contributed by atoms with Gasteiger partial charge in [0.15, 0.2) is 0 Å². The minimum atomic E-state index is -0.366. The van der Waals surface area contributed by atoms with E-state index in [1.54, 1.807) is 18.2 Å². The smallest absolute Gasteiger partial charge is 0.224 e. The first kappa shape index (κ1) is 9.86. The summed E-state index contributed by atoms with van der Waals surface area (Å²) in [6.07, 6.45) is 1.41. The maximum Gasteiger partial charge on any atom is 0.224 e. The second-order valence-electron chi connectivity index (χ2n) is 2.92. The SMILES string of the molecule is Nc1nc(Cl)ncc1-c1ccccc1F. The van der Waals surface area contributed by atoms with E-state index in [9.17, 15) is 4.39 Å². The Bertz CT molecular complexity index is 502. The molecule has 3 nitrogen and oxygen atoms in total. The molecule has 0 aliphatic rings. The van der Waals surface area contributed by atoms with Crippen LogP contribution in [-0.4, -0.2) is 9.97 Å². The molecular weight excluding hydrogens is 217 g/mol. The van der Waals surface area contributed by atoms with Crippen LogP contribution in [-0.2, 0) is 0 Å². The van der Waals surface area contributed by atoms with Gasteiger partial charge in [-0.1, -0.05) is 18.2 Å². The zero-order valence-electron chi connectivity index (χ0n) is 7.61. The molecule has 0 saturated heterocycles. The lowest BCUT2D eigenvalue weighted by atomic mass is 10.1. The number of aromatic nitrogens is 2. The van der Waals surface area contributed by atoms with Crippen LogP contribution in [0.1, 0.15) is 0 Å². The molecule has 0 amide bonds. The fourth-order valence-corrected chi connectivity index (χ4v) is 1.40. The molecule has 0 fully saturated rings. The lowest BCUT2D eigenvalue weighted by Crippen LogP contribution is -1.97. The molecule has 0 radical (unpaired) electrons. The van der Waals surface area contributed by atoms with Gasteiger partial charge < -0.3 is 5.73 Å². The standard InChI is InChI=1S/C10H7ClFN3/c11-10-14-5-7(9(13)15-10)6-3-1-2-4-8(6)12/h1-5H,(H2,13,14,15). The Morgan fingerprint density at radius 2 is 1.93 bits per heavy atom. The second-order valence-corrected chi connectivity index (χ2v) is 3.26. The Kier molecular flexibility index (Phi) is 2.51. The van der Waals surface area contributed by atoms with Crippen LogP contribution >= 0.6 is 11.6 Å². The maximum absolute atomic E-state index is 13.4. The molecule has 76 valence electrons. The molecule has 0 unspecified atom stereocenters. The number of nitrogens with zero attached hydrogens (tertiary/aromatic N) is 2. The van der Waals surface area contributed by atoms with Crippen molar-refractivity contribution in [1.29, 1.82) is 0 Å². The van der Waals surface area contributed by atoms with Crippen LogP contribution in [0.15, 0.2) is 30.5 Å². The van der Waals surface area contributed by atoms with Crippen molar-refractivity contribution in [2.45, 2.75) is 0 Å². The highest BCUT2D eigenvalue weighted by molar-refractivity contribution is 6.28. The van der Waals surface area contributed by atoms with E-state index in [0.29, 0.717) is 11.1 Å². The fraction of sp³-hybridized carbons (Fsp3) is 0. The predicted molar refractivity (Wildman–Crippen MR) is 56.8 cm³/mol. The summed E-state index contributed by atoms with van der Waals surface area (Å²) in [5.41, 5.74) is 6.43. The summed E-state index contributed by atoms with van der Waals surface area (Å²) < 4.78 is 13.4. The van der Waals surface area contributed by atoms with Gasteiger partial charge in [-0.05, 0) is 17.7 Å². The fourth-order valence-electron chi connectivity index (χ4n) is 1.26. The monoisotopic (exact) mass is 223 g/mol. The molecule has 1 heterocycles. The number of nitrogen functional groups attached to an aromatic ring is 1. The molecular formula is C10H7ClFN3. The Balaban J connectivity index is 2.60. The molecule has 15 heavy (non-hydrogen) atoms. The van der Waals surface area contributed by atoms with E-state index in [0.717, 1.165) is 0 Å². The van der Waals surface area contributed by atoms with Gasteiger partial charge in [0.05, 0.1) is 0 Å². The van der Waals surface area contributed by atoms with E-state index in [1.807, 2.05) is 0 Å². The summed E-state index contributed by atoms with van der Waals surface area (Å²) in [7, 11) is 0. The average Bonchev–Trinajstić information content (AvgIpc) is 2.20. The highest BCUT2D eigenvalue weighted by Crippen LogP contribution is 2.26.